The first-order chi connectivity index (χ1) is 13.3. The van der Waals surface area contributed by atoms with Crippen molar-refractivity contribution in [3.63, 3.8) is 0 Å². The van der Waals surface area contributed by atoms with Gasteiger partial charge in [-0.05, 0) is 24.5 Å². The average molecular weight is 365 g/mol. The van der Waals surface area contributed by atoms with Crippen LogP contribution in [-0.4, -0.2) is 35.3 Å². The molecule has 2 saturated heterocycles. The summed E-state index contributed by atoms with van der Waals surface area (Å²) in [6.45, 7) is 3.82. The molecule has 0 saturated carbocycles. The van der Waals surface area contributed by atoms with Crippen molar-refractivity contribution in [2.24, 2.45) is 5.92 Å². The maximum atomic E-state index is 10.4. The highest BCUT2D eigenvalue weighted by Gasteiger charge is 2.52. The van der Waals surface area contributed by atoms with Crippen molar-refractivity contribution in [3.05, 3.63) is 59.7 Å². The predicted octanol–water partition coefficient (Wildman–Crippen LogP) is 4.29. The Morgan fingerprint density at radius 2 is 1.85 bits per heavy atom. The van der Waals surface area contributed by atoms with Gasteiger partial charge in [0.15, 0.2) is 11.5 Å². The molecule has 0 amide bonds. The molecule has 2 atom stereocenters. The van der Waals surface area contributed by atoms with Gasteiger partial charge in [0, 0.05) is 50.6 Å². The summed E-state index contributed by atoms with van der Waals surface area (Å²) in [5.74, 6) is 1.27. The molecule has 27 heavy (non-hydrogen) atoms. The highest BCUT2D eigenvalue weighted by atomic mass is 16.5. The van der Waals surface area contributed by atoms with Crippen LogP contribution in [0.25, 0.3) is 0 Å². The van der Waals surface area contributed by atoms with E-state index < -0.39 is 0 Å². The molecule has 2 fully saturated rings. The molecule has 2 aromatic carbocycles. The lowest BCUT2D eigenvalue weighted by atomic mass is 9.70. The van der Waals surface area contributed by atoms with Crippen LogP contribution in [0.2, 0.25) is 0 Å². The zero-order valence-corrected chi connectivity index (χ0v) is 15.6. The zero-order valence-electron chi connectivity index (χ0n) is 15.6. The molecule has 3 heterocycles. The summed E-state index contributed by atoms with van der Waals surface area (Å²) in [6.07, 6.45) is 4.25. The molecular formula is C23H27NO3. The normalized spacial score (nSPS) is 26.8. The number of fused-ring (bicyclic) bond motifs is 4. The second-order valence-electron chi connectivity index (χ2n) is 8.16. The highest BCUT2D eigenvalue weighted by molar-refractivity contribution is 5.49. The van der Waals surface area contributed by atoms with Crippen LogP contribution in [0.4, 0.5) is 0 Å². The van der Waals surface area contributed by atoms with Gasteiger partial charge in [0.2, 0.25) is 0 Å². The second-order valence-corrected chi connectivity index (χ2v) is 8.16. The number of rotatable bonds is 2. The molecule has 0 bridgehead atoms. The quantitative estimate of drug-likeness (QED) is 0.862. The van der Waals surface area contributed by atoms with E-state index in [1.165, 1.54) is 5.56 Å². The summed E-state index contributed by atoms with van der Waals surface area (Å²) in [7, 11) is 0. The van der Waals surface area contributed by atoms with E-state index in [9.17, 15) is 5.11 Å². The number of aromatic hydroxyl groups is 1. The molecule has 0 radical (unpaired) electrons. The highest BCUT2D eigenvalue weighted by Crippen LogP contribution is 2.55. The number of hydrogen-bond donors (Lipinski definition) is 1. The maximum absolute atomic E-state index is 10.4. The molecule has 142 valence electrons. The smallest absolute Gasteiger partial charge is 0.167 e. The minimum absolute atomic E-state index is 0.0512. The number of hydrogen-bond acceptors (Lipinski definition) is 4. The Labute approximate surface area is 160 Å². The summed E-state index contributed by atoms with van der Waals surface area (Å²) in [5, 5.41) is 10.4. The Bertz CT molecular complexity index is 799. The van der Waals surface area contributed by atoms with Crippen LogP contribution < -0.4 is 4.74 Å². The van der Waals surface area contributed by atoms with Gasteiger partial charge in [-0.15, -0.1) is 0 Å². The monoisotopic (exact) mass is 365 g/mol. The maximum Gasteiger partial charge on any atom is 0.167 e. The number of ether oxygens (including phenoxy) is 2. The molecule has 0 aliphatic carbocycles. The molecule has 5 rings (SSSR count). The third-order valence-electron chi connectivity index (χ3n) is 6.59. The summed E-state index contributed by atoms with van der Waals surface area (Å²) in [5.41, 5.74) is 2.17. The molecule has 3 aliphatic heterocycles. The number of benzene rings is 2. The predicted molar refractivity (Wildman–Crippen MR) is 104 cm³/mol. The van der Waals surface area contributed by atoms with Gasteiger partial charge in [0.25, 0.3) is 0 Å². The second kappa shape index (κ2) is 6.84. The van der Waals surface area contributed by atoms with Gasteiger partial charge in [0.1, 0.15) is 5.60 Å². The van der Waals surface area contributed by atoms with Crippen LogP contribution in [-0.2, 0) is 11.3 Å². The van der Waals surface area contributed by atoms with Gasteiger partial charge in [-0.2, -0.15) is 0 Å². The molecule has 1 N–H and O–H groups in total. The number of piperidine rings is 1. The van der Waals surface area contributed by atoms with Gasteiger partial charge in [-0.25, -0.2) is 0 Å². The third kappa shape index (κ3) is 3.01. The first-order valence-electron chi connectivity index (χ1n) is 10.1. The Hall–Kier alpha value is -2.04. The molecule has 0 aromatic heterocycles. The number of nitrogens with zero attached hydrogens (tertiary/aromatic N) is 1. The van der Waals surface area contributed by atoms with Crippen molar-refractivity contribution in [1.29, 1.82) is 0 Å². The molecule has 2 aromatic rings. The molecule has 0 unspecified atom stereocenters. The first kappa shape index (κ1) is 17.1. The molecular weight excluding hydrogens is 338 g/mol. The molecule has 1 spiro atoms. The molecule has 4 nitrogen and oxygen atoms in total. The Morgan fingerprint density at radius 1 is 1.04 bits per heavy atom. The van der Waals surface area contributed by atoms with Crippen molar-refractivity contribution in [3.8, 4) is 11.5 Å². The Kier molecular flexibility index (Phi) is 4.33. The van der Waals surface area contributed by atoms with Gasteiger partial charge in [-0.3, -0.25) is 4.90 Å². The number of para-hydroxylation sites is 1. The third-order valence-corrected chi connectivity index (χ3v) is 6.59. The van der Waals surface area contributed by atoms with E-state index >= 15 is 0 Å². The van der Waals surface area contributed by atoms with Crippen LogP contribution in [0.15, 0.2) is 48.5 Å². The first-order valence-corrected chi connectivity index (χ1v) is 10.1. The topological polar surface area (TPSA) is 41.9 Å². The fourth-order valence-corrected chi connectivity index (χ4v) is 5.19. The van der Waals surface area contributed by atoms with E-state index in [2.05, 4.69) is 41.3 Å². The summed E-state index contributed by atoms with van der Waals surface area (Å²) >= 11 is 0. The van der Waals surface area contributed by atoms with Crippen molar-refractivity contribution >= 4 is 0 Å². The number of phenolic OH excluding ortho intramolecular Hbond substituents is 1. The number of phenols is 1. The zero-order chi connectivity index (χ0) is 18.3. The molecule has 3 aliphatic rings. The standard InChI is InChI=1S/C23H27NO3/c25-20-10-4-8-18-21-19(9-5-15-26-21)23(27-22(18)20)11-13-24(14-12-23)16-17-6-2-1-3-7-17/h1-4,6-8,10,19,21,25H,5,9,11-16H2/t19-,21+/m0/s1. The fourth-order valence-electron chi connectivity index (χ4n) is 5.19. The van der Waals surface area contributed by atoms with Crippen molar-refractivity contribution in [1.82, 2.24) is 4.90 Å². The van der Waals surface area contributed by atoms with Crippen LogP contribution in [0.5, 0.6) is 11.5 Å². The van der Waals surface area contributed by atoms with E-state index in [0.717, 1.165) is 57.5 Å². The van der Waals surface area contributed by atoms with Crippen LogP contribution in [0.1, 0.15) is 42.9 Å². The number of likely N-dealkylation sites (tertiary alicyclic amines) is 1. The lowest BCUT2D eigenvalue weighted by Crippen LogP contribution is -2.57. The van der Waals surface area contributed by atoms with Crippen molar-refractivity contribution in [2.75, 3.05) is 19.7 Å². The Morgan fingerprint density at radius 3 is 2.67 bits per heavy atom. The molecule has 4 heteroatoms. The van der Waals surface area contributed by atoms with E-state index in [0.29, 0.717) is 11.7 Å². The largest absolute Gasteiger partial charge is 0.504 e. The van der Waals surface area contributed by atoms with Crippen LogP contribution >= 0.6 is 0 Å². The summed E-state index contributed by atoms with van der Waals surface area (Å²) in [6, 6.07) is 16.3. The summed E-state index contributed by atoms with van der Waals surface area (Å²) in [4.78, 5) is 2.52. The van der Waals surface area contributed by atoms with Crippen molar-refractivity contribution < 1.29 is 14.6 Å². The minimum Gasteiger partial charge on any atom is -0.504 e. The average Bonchev–Trinajstić information content (AvgIpc) is 2.72. The lowest BCUT2D eigenvalue weighted by molar-refractivity contribution is -0.150. The van der Waals surface area contributed by atoms with Crippen LogP contribution in [0, 0.1) is 5.92 Å². The minimum atomic E-state index is -0.218. The van der Waals surface area contributed by atoms with Crippen LogP contribution in [0.3, 0.4) is 0 Å². The van der Waals surface area contributed by atoms with Gasteiger partial charge < -0.3 is 14.6 Å². The van der Waals surface area contributed by atoms with Gasteiger partial charge in [0.05, 0.1) is 6.10 Å². The SMILES string of the molecule is Oc1cccc2c1OC1(CCN(Cc3ccccc3)CC1)[C@H]1CCCO[C@H]21. The fraction of sp³-hybridized carbons (Fsp3) is 0.478. The van der Waals surface area contributed by atoms with E-state index in [4.69, 9.17) is 9.47 Å². The Balaban J connectivity index is 1.39. The van der Waals surface area contributed by atoms with Gasteiger partial charge >= 0.3 is 0 Å². The van der Waals surface area contributed by atoms with Crippen molar-refractivity contribution in [2.45, 2.75) is 43.9 Å². The van der Waals surface area contributed by atoms with E-state index in [1.807, 2.05) is 6.07 Å². The van der Waals surface area contributed by atoms with E-state index in [1.54, 1.807) is 6.07 Å². The van der Waals surface area contributed by atoms with E-state index in [-0.39, 0.29) is 17.5 Å². The summed E-state index contributed by atoms with van der Waals surface area (Å²) < 4.78 is 12.8. The lowest BCUT2D eigenvalue weighted by Gasteiger charge is -2.53. The van der Waals surface area contributed by atoms with Gasteiger partial charge in [-0.1, -0.05) is 42.5 Å².